The van der Waals surface area contributed by atoms with E-state index in [1.807, 2.05) is 0 Å². The highest BCUT2D eigenvalue weighted by molar-refractivity contribution is 7.91. The molecule has 0 aliphatic heterocycles. The molecule has 8 heteroatoms. The smallest absolute Gasteiger partial charge is 0.309 e. The second kappa shape index (κ2) is 8.25. The van der Waals surface area contributed by atoms with Gasteiger partial charge < -0.3 is 15.2 Å². The maximum atomic E-state index is 12.0. The minimum Gasteiger partial charge on any atom is -0.481 e. The van der Waals surface area contributed by atoms with Crippen molar-refractivity contribution < 1.29 is 27.9 Å². The van der Waals surface area contributed by atoms with Crippen molar-refractivity contribution in [2.45, 2.75) is 25.2 Å². The monoisotopic (exact) mass is 357 g/mol. The van der Waals surface area contributed by atoms with E-state index in [0.29, 0.717) is 5.56 Å². The molecule has 0 unspecified atom stereocenters. The fourth-order valence-corrected chi connectivity index (χ4v) is 2.99. The Labute approximate surface area is 141 Å². The number of hydrogen-bond donors (Lipinski definition) is 2. The third-order valence-corrected chi connectivity index (χ3v) is 5.34. The second-order valence-electron chi connectivity index (χ2n) is 6.03. The fourth-order valence-electron chi connectivity index (χ4n) is 1.82. The lowest BCUT2D eigenvalue weighted by molar-refractivity contribution is -0.147. The van der Waals surface area contributed by atoms with Crippen LogP contribution in [0.3, 0.4) is 0 Å². The molecule has 0 spiro atoms. The average molecular weight is 357 g/mol. The molecule has 0 heterocycles. The van der Waals surface area contributed by atoms with E-state index in [9.17, 15) is 18.0 Å². The molecular formula is C16H23NO6S. The third kappa shape index (κ3) is 5.61. The Kier molecular flexibility index (Phi) is 6.92. The van der Waals surface area contributed by atoms with Gasteiger partial charge in [-0.2, -0.15) is 0 Å². The summed E-state index contributed by atoms with van der Waals surface area (Å²) in [6.45, 7) is 3.48. The van der Waals surface area contributed by atoms with Crippen molar-refractivity contribution >= 4 is 21.7 Å². The molecule has 1 rings (SSSR count). The number of benzene rings is 1. The molecule has 0 fully saturated rings. The summed E-state index contributed by atoms with van der Waals surface area (Å²) < 4.78 is 28.7. The second-order valence-corrected chi connectivity index (χ2v) is 8.14. The van der Waals surface area contributed by atoms with Gasteiger partial charge in [0.2, 0.25) is 0 Å². The minimum atomic E-state index is -3.43. The van der Waals surface area contributed by atoms with Gasteiger partial charge in [-0.1, -0.05) is 0 Å². The molecule has 1 amide bonds. The van der Waals surface area contributed by atoms with E-state index in [2.05, 4.69) is 5.32 Å². The van der Waals surface area contributed by atoms with E-state index in [1.54, 1.807) is 13.8 Å². The van der Waals surface area contributed by atoms with Crippen LogP contribution in [0.1, 0.15) is 30.6 Å². The minimum absolute atomic E-state index is 0.101. The maximum absolute atomic E-state index is 12.0. The Morgan fingerprint density at radius 1 is 1.21 bits per heavy atom. The molecular weight excluding hydrogens is 334 g/mol. The van der Waals surface area contributed by atoms with Gasteiger partial charge in [0.1, 0.15) is 0 Å². The summed E-state index contributed by atoms with van der Waals surface area (Å²) in [6.07, 6.45) is 0.289. The number of hydrogen-bond acceptors (Lipinski definition) is 5. The molecule has 1 aromatic carbocycles. The maximum Gasteiger partial charge on any atom is 0.309 e. The van der Waals surface area contributed by atoms with Crippen molar-refractivity contribution in [3.05, 3.63) is 29.8 Å². The van der Waals surface area contributed by atoms with Crippen LogP contribution in [0.25, 0.3) is 0 Å². The largest absolute Gasteiger partial charge is 0.481 e. The number of carboxylic acids is 1. The standard InChI is InChI=1S/C16H23NO6S/c1-16(2,15(19)20)8-9-17-14(18)12-4-6-13(7-5-12)24(21,22)11-10-23-3/h4-7H,8-11H2,1-3H3,(H,17,18)(H,19,20). The number of carbonyl (C=O) groups excluding carboxylic acids is 1. The molecule has 0 aliphatic carbocycles. The van der Waals surface area contributed by atoms with Gasteiger partial charge in [-0.25, -0.2) is 8.42 Å². The van der Waals surface area contributed by atoms with Crippen molar-refractivity contribution in [3.8, 4) is 0 Å². The third-order valence-electron chi connectivity index (χ3n) is 3.65. The van der Waals surface area contributed by atoms with Gasteiger partial charge in [0.15, 0.2) is 9.84 Å². The quantitative estimate of drug-likeness (QED) is 0.690. The van der Waals surface area contributed by atoms with Crippen molar-refractivity contribution in [2.24, 2.45) is 5.41 Å². The first-order valence-electron chi connectivity index (χ1n) is 7.43. The molecule has 7 nitrogen and oxygen atoms in total. The highest BCUT2D eigenvalue weighted by atomic mass is 32.2. The van der Waals surface area contributed by atoms with Crippen LogP contribution in [0, 0.1) is 5.41 Å². The van der Waals surface area contributed by atoms with E-state index >= 15 is 0 Å². The van der Waals surface area contributed by atoms with Crippen LogP contribution in [0.5, 0.6) is 0 Å². The Balaban J connectivity index is 2.66. The van der Waals surface area contributed by atoms with Crippen LogP contribution in [0.2, 0.25) is 0 Å². The summed E-state index contributed by atoms with van der Waals surface area (Å²) in [6, 6.07) is 5.61. The Morgan fingerprint density at radius 2 is 1.79 bits per heavy atom. The Hall–Kier alpha value is -1.93. The first-order valence-corrected chi connectivity index (χ1v) is 9.09. The predicted octanol–water partition coefficient (Wildman–Crippen LogP) is 1.34. The fraction of sp³-hybridized carbons (Fsp3) is 0.500. The van der Waals surface area contributed by atoms with Crippen molar-refractivity contribution in [3.63, 3.8) is 0 Å². The number of rotatable bonds is 9. The summed E-state index contributed by atoms with van der Waals surface area (Å²) in [5, 5.41) is 11.6. The van der Waals surface area contributed by atoms with Gasteiger partial charge in [0.25, 0.3) is 5.91 Å². The highest BCUT2D eigenvalue weighted by Gasteiger charge is 2.26. The molecule has 0 atom stereocenters. The van der Waals surface area contributed by atoms with E-state index in [0.717, 1.165) is 0 Å². The SMILES string of the molecule is COCCS(=O)(=O)c1ccc(C(=O)NCCC(C)(C)C(=O)O)cc1. The number of amides is 1. The zero-order valence-electron chi connectivity index (χ0n) is 14.0. The summed E-state index contributed by atoms with van der Waals surface area (Å²) >= 11 is 0. The van der Waals surface area contributed by atoms with Crippen molar-refractivity contribution in [1.82, 2.24) is 5.32 Å². The van der Waals surface area contributed by atoms with E-state index in [1.165, 1.54) is 31.4 Å². The molecule has 0 bridgehead atoms. The van der Waals surface area contributed by atoms with Gasteiger partial charge in [0.05, 0.1) is 22.7 Å². The van der Waals surface area contributed by atoms with Gasteiger partial charge in [-0.15, -0.1) is 0 Å². The first-order chi connectivity index (χ1) is 11.1. The summed E-state index contributed by atoms with van der Waals surface area (Å²) in [5.41, 5.74) is -0.610. The number of carboxylic acid groups (broad SMARTS) is 1. The van der Waals surface area contributed by atoms with Gasteiger partial charge in [-0.05, 0) is 44.5 Å². The van der Waals surface area contributed by atoms with Crippen LogP contribution in [-0.2, 0) is 19.4 Å². The molecule has 134 valence electrons. The van der Waals surface area contributed by atoms with Gasteiger partial charge in [-0.3, -0.25) is 9.59 Å². The number of sulfone groups is 1. The van der Waals surface area contributed by atoms with Crippen LogP contribution < -0.4 is 5.32 Å². The molecule has 2 N–H and O–H groups in total. The summed E-state index contributed by atoms with van der Waals surface area (Å²) in [7, 11) is -2.01. The van der Waals surface area contributed by atoms with Gasteiger partial charge >= 0.3 is 5.97 Å². The number of ether oxygens (including phenoxy) is 1. The van der Waals surface area contributed by atoms with Crippen LogP contribution in [0.4, 0.5) is 0 Å². The lowest BCUT2D eigenvalue weighted by atomic mass is 9.90. The van der Waals surface area contributed by atoms with Crippen molar-refractivity contribution in [1.29, 1.82) is 0 Å². The van der Waals surface area contributed by atoms with Crippen LogP contribution in [-0.4, -0.2) is 51.4 Å². The highest BCUT2D eigenvalue weighted by Crippen LogP contribution is 2.19. The molecule has 24 heavy (non-hydrogen) atoms. The number of aliphatic carboxylic acids is 1. The normalized spacial score (nSPS) is 12.0. The van der Waals surface area contributed by atoms with E-state index < -0.39 is 21.2 Å². The molecule has 0 aromatic heterocycles. The summed E-state index contributed by atoms with van der Waals surface area (Å²) in [5.74, 6) is -1.43. The molecule has 0 radical (unpaired) electrons. The van der Waals surface area contributed by atoms with Crippen LogP contribution in [0.15, 0.2) is 29.2 Å². The molecule has 0 aliphatic rings. The van der Waals surface area contributed by atoms with E-state index in [4.69, 9.17) is 9.84 Å². The zero-order valence-corrected chi connectivity index (χ0v) is 14.9. The van der Waals surface area contributed by atoms with E-state index in [-0.39, 0.29) is 36.1 Å². The van der Waals surface area contributed by atoms with Gasteiger partial charge in [0, 0.05) is 19.2 Å². The topological polar surface area (TPSA) is 110 Å². The Bertz CT molecular complexity index is 679. The van der Waals surface area contributed by atoms with Crippen LogP contribution >= 0.6 is 0 Å². The van der Waals surface area contributed by atoms with Crippen molar-refractivity contribution in [2.75, 3.05) is 26.0 Å². The number of carbonyl (C=O) groups is 2. The average Bonchev–Trinajstić information content (AvgIpc) is 2.52. The zero-order chi connectivity index (χ0) is 18.4. The molecule has 0 saturated carbocycles. The predicted molar refractivity (Wildman–Crippen MR) is 88.7 cm³/mol. The Morgan fingerprint density at radius 3 is 2.29 bits per heavy atom. The first kappa shape index (κ1) is 20.1. The molecule has 0 saturated heterocycles. The number of methoxy groups -OCH3 is 1. The summed E-state index contributed by atoms with van der Waals surface area (Å²) in [4.78, 5) is 23.1. The number of nitrogens with one attached hydrogen (secondary N) is 1. The molecule has 1 aromatic rings. The lowest BCUT2D eigenvalue weighted by Gasteiger charge is -2.18. The lowest BCUT2D eigenvalue weighted by Crippen LogP contribution is -2.31.